The molecule has 0 unspecified atom stereocenters. The second-order valence-corrected chi connectivity index (χ2v) is 7.96. The van der Waals surface area contributed by atoms with E-state index in [1.807, 2.05) is 0 Å². The van der Waals surface area contributed by atoms with Crippen molar-refractivity contribution in [1.29, 1.82) is 0 Å². The molecular formula is C11H12ClNO4S2. The fraction of sp³-hybridized carbons (Fsp3) is 0.273. The van der Waals surface area contributed by atoms with Crippen LogP contribution in [0.2, 0.25) is 0 Å². The van der Waals surface area contributed by atoms with E-state index in [0.29, 0.717) is 0 Å². The van der Waals surface area contributed by atoms with E-state index in [9.17, 15) is 16.8 Å². The van der Waals surface area contributed by atoms with Crippen LogP contribution in [0.1, 0.15) is 6.92 Å². The molecule has 0 N–H and O–H groups in total. The molecule has 0 spiro atoms. The van der Waals surface area contributed by atoms with Crippen LogP contribution in [0.5, 0.6) is 0 Å². The number of benzene rings is 1. The lowest BCUT2D eigenvalue weighted by atomic mass is 10.4. The molecule has 1 aromatic rings. The molecule has 1 aromatic carbocycles. The number of terminal acetylenes is 1. The molecule has 0 radical (unpaired) electrons. The predicted molar refractivity (Wildman–Crippen MR) is 72.7 cm³/mol. The zero-order valence-electron chi connectivity index (χ0n) is 10.1. The molecule has 8 heteroatoms. The highest BCUT2D eigenvalue weighted by Gasteiger charge is 2.29. The Morgan fingerprint density at radius 2 is 1.74 bits per heavy atom. The summed E-state index contributed by atoms with van der Waals surface area (Å²) in [4.78, 5) is -0.825. The molecule has 0 amide bonds. The fourth-order valence-electron chi connectivity index (χ4n) is 1.47. The minimum atomic E-state index is -4.16. The zero-order valence-corrected chi connectivity index (χ0v) is 12.5. The molecule has 0 fully saturated rings. The van der Waals surface area contributed by atoms with Gasteiger partial charge < -0.3 is 0 Å². The predicted octanol–water partition coefficient (Wildman–Crippen LogP) is 1.26. The summed E-state index contributed by atoms with van der Waals surface area (Å²) in [5.41, 5.74) is 0. The molecular weight excluding hydrogens is 310 g/mol. The molecule has 0 aliphatic heterocycles. The Bertz CT molecular complexity index is 704. The second-order valence-electron chi connectivity index (χ2n) is 3.52. The summed E-state index contributed by atoms with van der Waals surface area (Å²) in [6.07, 6.45) is 5.10. The van der Waals surface area contributed by atoms with Crippen LogP contribution in [0.3, 0.4) is 0 Å². The van der Waals surface area contributed by atoms with Crippen LogP contribution in [0.25, 0.3) is 0 Å². The maximum Gasteiger partial charge on any atom is 0.262 e. The number of sulfonamides is 1. The maximum absolute atomic E-state index is 12.3. The Balaban J connectivity index is 3.51. The summed E-state index contributed by atoms with van der Waals surface area (Å²) >= 11 is 0. The molecule has 0 atom stereocenters. The van der Waals surface area contributed by atoms with Gasteiger partial charge in [-0.05, 0) is 12.1 Å². The van der Waals surface area contributed by atoms with Crippen LogP contribution in [0, 0.1) is 12.3 Å². The first-order chi connectivity index (χ1) is 8.75. The topological polar surface area (TPSA) is 71.5 Å². The monoisotopic (exact) mass is 321 g/mol. The van der Waals surface area contributed by atoms with Gasteiger partial charge in [-0.15, -0.1) is 6.42 Å². The minimum Gasteiger partial charge on any atom is -0.207 e. The lowest BCUT2D eigenvalue weighted by molar-refractivity contribution is 0.462. The van der Waals surface area contributed by atoms with Gasteiger partial charge >= 0.3 is 0 Å². The van der Waals surface area contributed by atoms with Crippen molar-refractivity contribution >= 4 is 29.8 Å². The third-order valence-electron chi connectivity index (χ3n) is 2.35. The highest BCUT2D eigenvalue weighted by Crippen LogP contribution is 2.26. The van der Waals surface area contributed by atoms with E-state index in [4.69, 9.17) is 17.1 Å². The molecule has 0 heterocycles. The van der Waals surface area contributed by atoms with E-state index in [-0.39, 0.29) is 18.0 Å². The standard InChI is InChI=1S/C11H12ClNO4S2/c1-3-9-13(4-2)19(16,17)11-8-6-5-7-10(11)18(12,14)15/h1,5-8H,4,9H2,2H3. The Morgan fingerprint density at radius 3 is 2.16 bits per heavy atom. The van der Waals surface area contributed by atoms with E-state index in [0.717, 1.165) is 10.4 Å². The van der Waals surface area contributed by atoms with Crippen molar-refractivity contribution in [3.63, 3.8) is 0 Å². The van der Waals surface area contributed by atoms with Crippen molar-refractivity contribution in [2.75, 3.05) is 13.1 Å². The maximum atomic E-state index is 12.3. The summed E-state index contributed by atoms with van der Waals surface area (Å²) in [6, 6.07) is 5.14. The summed E-state index contributed by atoms with van der Waals surface area (Å²) in [7, 11) is -2.91. The van der Waals surface area contributed by atoms with Gasteiger partial charge in [0.2, 0.25) is 10.0 Å². The lowest BCUT2D eigenvalue weighted by Gasteiger charge is -2.19. The SMILES string of the molecule is C#CCN(CC)S(=O)(=O)c1ccccc1S(=O)(=O)Cl. The normalized spacial score (nSPS) is 12.3. The molecule has 0 aromatic heterocycles. The van der Waals surface area contributed by atoms with E-state index in [1.165, 1.54) is 18.2 Å². The molecule has 5 nitrogen and oxygen atoms in total. The average molecular weight is 322 g/mol. The van der Waals surface area contributed by atoms with Gasteiger partial charge in [0.25, 0.3) is 9.05 Å². The van der Waals surface area contributed by atoms with Crippen molar-refractivity contribution in [1.82, 2.24) is 4.31 Å². The highest BCUT2D eigenvalue weighted by molar-refractivity contribution is 8.14. The van der Waals surface area contributed by atoms with Gasteiger partial charge in [0.05, 0.1) is 6.54 Å². The number of nitrogens with zero attached hydrogens (tertiary/aromatic N) is 1. The Labute approximate surface area is 117 Å². The van der Waals surface area contributed by atoms with Crippen LogP contribution in [0.15, 0.2) is 34.1 Å². The van der Waals surface area contributed by atoms with Gasteiger partial charge in [-0.3, -0.25) is 0 Å². The molecule has 19 heavy (non-hydrogen) atoms. The quantitative estimate of drug-likeness (QED) is 0.604. The molecule has 0 aliphatic rings. The van der Waals surface area contributed by atoms with E-state index in [2.05, 4.69) is 5.92 Å². The van der Waals surface area contributed by atoms with Gasteiger partial charge in [-0.2, -0.15) is 4.31 Å². The highest BCUT2D eigenvalue weighted by atomic mass is 35.7. The summed E-state index contributed by atoms with van der Waals surface area (Å²) < 4.78 is 48.5. The third kappa shape index (κ3) is 3.48. The lowest BCUT2D eigenvalue weighted by Crippen LogP contribution is -2.32. The van der Waals surface area contributed by atoms with Crippen molar-refractivity contribution in [3.05, 3.63) is 24.3 Å². The fourth-order valence-corrected chi connectivity index (χ4v) is 4.64. The molecule has 0 aliphatic carbocycles. The van der Waals surface area contributed by atoms with Crippen molar-refractivity contribution in [2.24, 2.45) is 0 Å². The number of hydrogen-bond donors (Lipinski definition) is 0. The van der Waals surface area contributed by atoms with Crippen LogP contribution >= 0.6 is 10.7 Å². The smallest absolute Gasteiger partial charge is 0.207 e. The van der Waals surface area contributed by atoms with Crippen LogP contribution in [0.4, 0.5) is 0 Å². The molecule has 0 saturated carbocycles. The van der Waals surface area contributed by atoms with Gasteiger partial charge in [0.1, 0.15) is 9.79 Å². The van der Waals surface area contributed by atoms with Crippen molar-refractivity contribution in [2.45, 2.75) is 16.7 Å². The summed E-state index contributed by atoms with van der Waals surface area (Å²) in [5, 5.41) is 0. The van der Waals surface area contributed by atoms with E-state index < -0.39 is 24.0 Å². The summed E-state index contributed by atoms with van der Waals surface area (Å²) in [6.45, 7) is 1.59. The van der Waals surface area contributed by atoms with Crippen LogP contribution in [-0.2, 0) is 19.1 Å². The van der Waals surface area contributed by atoms with E-state index >= 15 is 0 Å². The first-order valence-electron chi connectivity index (χ1n) is 5.22. The number of halogens is 1. The van der Waals surface area contributed by atoms with Gasteiger partial charge in [-0.1, -0.05) is 25.0 Å². The van der Waals surface area contributed by atoms with Crippen LogP contribution in [-0.4, -0.2) is 34.2 Å². The second kappa shape index (κ2) is 5.92. The van der Waals surface area contributed by atoms with Crippen molar-refractivity contribution < 1.29 is 16.8 Å². The summed E-state index contributed by atoms with van der Waals surface area (Å²) in [5.74, 6) is 2.22. The largest absolute Gasteiger partial charge is 0.262 e. The van der Waals surface area contributed by atoms with Gasteiger partial charge in [-0.25, -0.2) is 16.8 Å². The molecule has 104 valence electrons. The number of hydrogen-bond acceptors (Lipinski definition) is 4. The zero-order chi connectivity index (χ0) is 14.7. The molecule has 1 rings (SSSR count). The van der Waals surface area contributed by atoms with Crippen LogP contribution < -0.4 is 0 Å². The average Bonchev–Trinajstić information content (AvgIpc) is 2.34. The van der Waals surface area contributed by atoms with E-state index in [1.54, 1.807) is 6.92 Å². The molecule has 0 bridgehead atoms. The Kier molecular flexibility index (Phi) is 4.98. The van der Waals surface area contributed by atoms with Gasteiger partial charge in [0.15, 0.2) is 0 Å². The first kappa shape index (κ1) is 16.0. The Hall–Kier alpha value is -1.07. The van der Waals surface area contributed by atoms with Gasteiger partial charge in [0, 0.05) is 17.2 Å². The number of rotatable bonds is 5. The first-order valence-corrected chi connectivity index (χ1v) is 8.97. The Morgan fingerprint density at radius 1 is 1.21 bits per heavy atom. The molecule has 0 saturated heterocycles. The minimum absolute atomic E-state index is 0.128. The third-order valence-corrected chi connectivity index (χ3v) is 5.84. The van der Waals surface area contributed by atoms with Crippen molar-refractivity contribution in [3.8, 4) is 12.3 Å².